The van der Waals surface area contributed by atoms with E-state index in [1.165, 1.54) is 0 Å². The molecule has 2 rings (SSSR count). The van der Waals surface area contributed by atoms with Gasteiger partial charge in [-0.05, 0) is 44.4 Å². The highest BCUT2D eigenvalue weighted by Gasteiger charge is 2.31. The lowest BCUT2D eigenvalue weighted by molar-refractivity contribution is -0.121. The molecule has 1 heterocycles. The Kier molecular flexibility index (Phi) is 5.81. The van der Waals surface area contributed by atoms with Crippen LogP contribution in [0.25, 0.3) is 0 Å². The maximum absolute atomic E-state index is 11.8. The summed E-state index contributed by atoms with van der Waals surface area (Å²) in [5, 5.41) is 16.5. The van der Waals surface area contributed by atoms with Crippen LogP contribution >= 0.6 is 0 Å². The van der Waals surface area contributed by atoms with Crippen LogP contribution < -0.4 is 10.6 Å². The number of aliphatic hydroxyl groups is 1. The number of hydrogen-bond acceptors (Lipinski definition) is 4. The van der Waals surface area contributed by atoms with E-state index in [4.69, 9.17) is 4.74 Å². The van der Waals surface area contributed by atoms with Crippen molar-refractivity contribution in [3.8, 4) is 0 Å². The van der Waals surface area contributed by atoms with Crippen LogP contribution in [0, 0.1) is 5.92 Å². The molecule has 0 atom stereocenters. The van der Waals surface area contributed by atoms with Gasteiger partial charge in [0, 0.05) is 25.8 Å². The third kappa shape index (κ3) is 5.04. The number of ether oxygens (including phenoxy) is 1. The van der Waals surface area contributed by atoms with E-state index in [0.29, 0.717) is 12.5 Å². The largest absolute Gasteiger partial charge is 0.389 e. The average molecular weight is 284 g/mol. The van der Waals surface area contributed by atoms with E-state index in [0.717, 1.165) is 51.7 Å². The molecule has 116 valence electrons. The molecule has 0 aromatic heterocycles. The number of hydrogen-bond donors (Lipinski definition) is 3. The van der Waals surface area contributed by atoms with Gasteiger partial charge in [-0.1, -0.05) is 6.92 Å². The van der Waals surface area contributed by atoms with Crippen LogP contribution in [0.2, 0.25) is 0 Å². The van der Waals surface area contributed by atoms with Crippen LogP contribution in [0.1, 0.15) is 45.4 Å². The molecule has 2 fully saturated rings. The molecule has 0 aromatic carbocycles. The molecule has 0 aromatic rings. The fraction of sp³-hybridized carbons (Fsp3) is 0.933. The zero-order valence-corrected chi connectivity index (χ0v) is 12.5. The Balaban J connectivity index is 1.61. The molecular weight excluding hydrogens is 256 g/mol. The van der Waals surface area contributed by atoms with Crippen molar-refractivity contribution in [2.24, 2.45) is 5.92 Å². The molecule has 1 aliphatic heterocycles. The molecular formula is C15H28N2O3. The molecule has 1 amide bonds. The Morgan fingerprint density at radius 2 is 1.90 bits per heavy atom. The van der Waals surface area contributed by atoms with Crippen LogP contribution in [0.3, 0.4) is 0 Å². The highest BCUT2D eigenvalue weighted by Crippen LogP contribution is 2.31. The van der Waals surface area contributed by atoms with Crippen molar-refractivity contribution in [2.45, 2.75) is 57.1 Å². The van der Waals surface area contributed by atoms with Crippen molar-refractivity contribution < 1.29 is 14.6 Å². The third-order valence-corrected chi connectivity index (χ3v) is 4.53. The lowest BCUT2D eigenvalue weighted by atomic mass is 9.79. The van der Waals surface area contributed by atoms with Crippen molar-refractivity contribution in [3.05, 3.63) is 0 Å². The minimum atomic E-state index is -0.620. The highest BCUT2D eigenvalue weighted by atomic mass is 16.5. The molecule has 1 aliphatic carbocycles. The molecule has 1 saturated carbocycles. The molecule has 0 bridgehead atoms. The standard InChI is InChI=1S/C15H28N2O3/c1-12-2-6-15(19,7-3-12)11-16-10-14(18)17-13-4-8-20-9-5-13/h12-13,16,19H,2-11H2,1H3,(H,17,18). The quantitative estimate of drug-likeness (QED) is 0.699. The van der Waals surface area contributed by atoms with Gasteiger partial charge in [0.1, 0.15) is 0 Å². The van der Waals surface area contributed by atoms with Gasteiger partial charge in [-0.15, -0.1) is 0 Å². The van der Waals surface area contributed by atoms with Gasteiger partial charge in [-0.25, -0.2) is 0 Å². The summed E-state index contributed by atoms with van der Waals surface area (Å²) >= 11 is 0. The second kappa shape index (κ2) is 7.38. The molecule has 0 spiro atoms. The Bertz CT molecular complexity index is 308. The zero-order chi connectivity index (χ0) is 14.4. The van der Waals surface area contributed by atoms with Gasteiger partial charge in [0.25, 0.3) is 0 Å². The van der Waals surface area contributed by atoms with Gasteiger partial charge in [-0.3, -0.25) is 4.79 Å². The van der Waals surface area contributed by atoms with Crippen LogP contribution in [0.5, 0.6) is 0 Å². The second-order valence-corrected chi connectivity index (χ2v) is 6.46. The summed E-state index contributed by atoms with van der Waals surface area (Å²) in [7, 11) is 0. The summed E-state index contributed by atoms with van der Waals surface area (Å²) in [6.07, 6.45) is 5.62. The maximum atomic E-state index is 11.8. The summed E-state index contributed by atoms with van der Waals surface area (Å²) in [4.78, 5) is 11.8. The van der Waals surface area contributed by atoms with Gasteiger partial charge in [0.2, 0.25) is 5.91 Å². The number of nitrogens with one attached hydrogen (secondary N) is 2. The minimum Gasteiger partial charge on any atom is -0.389 e. The fourth-order valence-electron chi connectivity index (χ4n) is 3.01. The lowest BCUT2D eigenvalue weighted by Crippen LogP contribution is -2.48. The number of amides is 1. The number of rotatable bonds is 5. The van der Waals surface area contributed by atoms with Gasteiger partial charge < -0.3 is 20.5 Å². The molecule has 2 aliphatic rings. The summed E-state index contributed by atoms with van der Waals surface area (Å²) in [5.41, 5.74) is -0.620. The minimum absolute atomic E-state index is 0.0182. The second-order valence-electron chi connectivity index (χ2n) is 6.46. The third-order valence-electron chi connectivity index (χ3n) is 4.53. The van der Waals surface area contributed by atoms with E-state index in [9.17, 15) is 9.90 Å². The predicted octanol–water partition coefficient (Wildman–Crippen LogP) is 0.812. The van der Waals surface area contributed by atoms with E-state index in [-0.39, 0.29) is 18.5 Å². The van der Waals surface area contributed by atoms with Gasteiger partial charge >= 0.3 is 0 Å². The molecule has 5 nitrogen and oxygen atoms in total. The normalized spacial score (nSPS) is 32.0. The summed E-state index contributed by atoms with van der Waals surface area (Å²) in [6, 6.07) is 0.247. The van der Waals surface area contributed by atoms with E-state index in [1.54, 1.807) is 0 Å². The van der Waals surface area contributed by atoms with Gasteiger partial charge in [0.15, 0.2) is 0 Å². The molecule has 0 radical (unpaired) electrons. The first-order chi connectivity index (χ1) is 9.57. The Morgan fingerprint density at radius 3 is 2.55 bits per heavy atom. The molecule has 5 heteroatoms. The first-order valence-corrected chi connectivity index (χ1v) is 7.88. The molecule has 3 N–H and O–H groups in total. The van der Waals surface area contributed by atoms with E-state index in [2.05, 4.69) is 17.6 Å². The first-order valence-electron chi connectivity index (χ1n) is 7.88. The summed E-state index contributed by atoms with van der Waals surface area (Å²) in [5.74, 6) is 0.733. The predicted molar refractivity (Wildman–Crippen MR) is 77.4 cm³/mol. The van der Waals surface area contributed by atoms with Crippen molar-refractivity contribution >= 4 is 5.91 Å². The zero-order valence-electron chi connectivity index (χ0n) is 12.5. The fourth-order valence-corrected chi connectivity index (χ4v) is 3.01. The summed E-state index contributed by atoms with van der Waals surface area (Å²) in [6.45, 7) is 4.50. The van der Waals surface area contributed by atoms with Crippen LogP contribution in [-0.4, -0.2) is 49.0 Å². The maximum Gasteiger partial charge on any atom is 0.234 e. The average Bonchev–Trinajstić information content (AvgIpc) is 2.44. The molecule has 20 heavy (non-hydrogen) atoms. The van der Waals surface area contributed by atoms with E-state index < -0.39 is 5.60 Å². The highest BCUT2D eigenvalue weighted by molar-refractivity contribution is 5.78. The summed E-state index contributed by atoms with van der Waals surface area (Å²) < 4.78 is 5.26. The molecule has 1 saturated heterocycles. The molecule has 0 unspecified atom stereocenters. The van der Waals surface area contributed by atoms with Crippen molar-refractivity contribution in [1.82, 2.24) is 10.6 Å². The van der Waals surface area contributed by atoms with Gasteiger partial charge in [-0.2, -0.15) is 0 Å². The lowest BCUT2D eigenvalue weighted by Gasteiger charge is -2.35. The van der Waals surface area contributed by atoms with Crippen molar-refractivity contribution in [2.75, 3.05) is 26.3 Å². The number of carbonyl (C=O) groups excluding carboxylic acids is 1. The first kappa shape index (κ1) is 15.7. The van der Waals surface area contributed by atoms with Crippen LogP contribution in [0.4, 0.5) is 0 Å². The Labute approximate surface area is 121 Å². The monoisotopic (exact) mass is 284 g/mol. The Morgan fingerprint density at radius 1 is 1.25 bits per heavy atom. The number of carbonyl (C=O) groups is 1. The van der Waals surface area contributed by atoms with Crippen molar-refractivity contribution in [3.63, 3.8) is 0 Å². The van der Waals surface area contributed by atoms with Crippen LogP contribution in [0.15, 0.2) is 0 Å². The smallest absolute Gasteiger partial charge is 0.234 e. The van der Waals surface area contributed by atoms with E-state index in [1.807, 2.05) is 0 Å². The van der Waals surface area contributed by atoms with Gasteiger partial charge in [0.05, 0.1) is 12.1 Å². The van der Waals surface area contributed by atoms with Crippen molar-refractivity contribution in [1.29, 1.82) is 0 Å². The SMILES string of the molecule is CC1CCC(O)(CNCC(=O)NC2CCOCC2)CC1. The topological polar surface area (TPSA) is 70.6 Å². The van der Waals surface area contributed by atoms with E-state index >= 15 is 0 Å². The van der Waals surface area contributed by atoms with Crippen LogP contribution in [-0.2, 0) is 9.53 Å². The Hall–Kier alpha value is -0.650.